The lowest BCUT2D eigenvalue weighted by molar-refractivity contribution is 0.0965. The number of para-hydroxylation sites is 2. The summed E-state index contributed by atoms with van der Waals surface area (Å²) in [6, 6.07) is 13.5. The Morgan fingerprint density at radius 1 is 1.18 bits per heavy atom. The highest BCUT2D eigenvalue weighted by Gasteiger charge is 2.13. The van der Waals surface area contributed by atoms with Crippen LogP contribution in [0.3, 0.4) is 0 Å². The van der Waals surface area contributed by atoms with Crippen LogP contribution in [0.2, 0.25) is 0 Å². The van der Waals surface area contributed by atoms with Gasteiger partial charge in [-0.1, -0.05) is 36.0 Å². The molecule has 2 aromatic carbocycles. The van der Waals surface area contributed by atoms with E-state index in [0.29, 0.717) is 5.16 Å². The van der Waals surface area contributed by atoms with Crippen LogP contribution in [0.4, 0.5) is 4.39 Å². The summed E-state index contributed by atoms with van der Waals surface area (Å²) in [5, 5.41) is 0.648. The second-order valence-electron chi connectivity index (χ2n) is 4.65. The van der Waals surface area contributed by atoms with Crippen LogP contribution >= 0.6 is 11.8 Å². The zero-order valence-electron chi connectivity index (χ0n) is 11.9. The number of imidazole rings is 1. The van der Waals surface area contributed by atoms with Gasteiger partial charge in [0.25, 0.3) is 5.91 Å². The predicted molar refractivity (Wildman–Crippen MR) is 87.6 cm³/mol. The molecule has 0 aliphatic carbocycles. The standard InChI is InChI=1S/C17H13FN2OS/c1-22-17-19-14-4-2-3-5-15(14)20(17)16(21)11-8-12-6-9-13(18)10-7-12/h2-11H,1H3. The fraction of sp³-hybridized carbons (Fsp3) is 0.0588. The first-order valence-electron chi connectivity index (χ1n) is 6.68. The number of rotatable bonds is 3. The summed E-state index contributed by atoms with van der Waals surface area (Å²) in [5.41, 5.74) is 2.33. The monoisotopic (exact) mass is 312 g/mol. The molecule has 0 fully saturated rings. The number of aromatic nitrogens is 2. The molecule has 3 aromatic rings. The maximum absolute atomic E-state index is 12.9. The largest absolute Gasteiger partial charge is 0.269 e. The Kier molecular flexibility index (Phi) is 4.06. The molecule has 0 N–H and O–H groups in total. The Morgan fingerprint density at radius 2 is 1.91 bits per heavy atom. The summed E-state index contributed by atoms with van der Waals surface area (Å²) < 4.78 is 14.5. The lowest BCUT2D eigenvalue weighted by Crippen LogP contribution is -2.08. The molecule has 0 aliphatic rings. The SMILES string of the molecule is CSc1nc2ccccc2n1C(=O)C=Cc1ccc(F)cc1. The lowest BCUT2D eigenvalue weighted by atomic mass is 10.2. The van der Waals surface area contributed by atoms with E-state index in [1.165, 1.54) is 30.0 Å². The van der Waals surface area contributed by atoms with Crippen molar-refractivity contribution in [3.63, 3.8) is 0 Å². The Hall–Kier alpha value is -2.40. The molecule has 0 saturated heterocycles. The summed E-state index contributed by atoms with van der Waals surface area (Å²) in [4.78, 5) is 16.9. The summed E-state index contributed by atoms with van der Waals surface area (Å²) in [6.07, 6.45) is 5.02. The van der Waals surface area contributed by atoms with Crippen LogP contribution in [-0.2, 0) is 0 Å². The molecule has 0 amide bonds. The molecule has 1 heterocycles. The Balaban J connectivity index is 1.96. The minimum Gasteiger partial charge on any atom is -0.269 e. The van der Waals surface area contributed by atoms with Gasteiger partial charge in [0.2, 0.25) is 0 Å². The number of allylic oxidation sites excluding steroid dienone is 1. The van der Waals surface area contributed by atoms with Crippen LogP contribution in [0.25, 0.3) is 17.1 Å². The van der Waals surface area contributed by atoms with Crippen molar-refractivity contribution >= 4 is 34.8 Å². The number of fused-ring (bicyclic) bond motifs is 1. The second-order valence-corrected chi connectivity index (χ2v) is 5.42. The summed E-state index contributed by atoms with van der Waals surface area (Å²) in [5.74, 6) is -0.476. The highest BCUT2D eigenvalue weighted by atomic mass is 32.2. The van der Waals surface area contributed by atoms with E-state index in [9.17, 15) is 9.18 Å². The Labute approximate surface area is 131 Å². The minimum absolute atomic E-state index is 0.178. The van der Waals surface area contributed by atoms with Gasteiger partial charge in [-0.2, -0.15) is 0 Å². The van der Waals surface area contributed by atoms with Crippen LogP contribution in [0.5, 0.6) is 0 Å². The van der Waals surface area contributed by atoms with Crippen LogP contribution in [0, 0.1) is 5.82 Å². The van der Waals surface area contributed by atoms with Crippen LogP contribution in [0.15, 0.2) is 59.8 Å². The highest BCUT2D eigenvalue weighted by molar-refractivity contribution is 7.98. The van der Waals surface area contributed by atoms with E-state index in [1.807, 2.05) is 30.5 Å². The maximum atomic E-state index is 12.9. The first-order chi connectivity index (χ1) is 10.7. The van der Waals surface area contributed by atoms with Gasteiger partial charge in [-0.15, -0.1) is 0 Å². The molecular formula is C17H13FN2OS. The summed E-state index contributed by atoms with van der Waals surface area (Å²) in [7, 11) is 0. The normalized spacial score (nSPS) is 11.4. The van der Waals surface area contributed by atoms with Crippen molar-refractivity contribution in [3.8, 4) is 0 Å². The fourth-order valence-electron chi connectivity index (χ4n) is 2.17. The molecule has 0 spiro atoms. The zero-order chi connectivity index (χ0) is 15.5. The van der Waals surface area contributed by atoms with E-state index in [2.05, 4.69) is 4.98 Å². The Bertz CT molecular complexity index is 853. The number of nitrogens with zero attached hydrogens (tertiary/aromatic N) is 2. The van der Waals surface area contributed by atoms with Crippen LogP contribution in [-0.4, -0.2) is 21.7 Å². The molecule has 5 heteroatoms. The molecule has 3 nitrogen and oxygen atoms in total. The van der Waals surface area contributed by atoms with Crippen molar-refractivity contribution in [1.82, 2.24) is 9.55 Å². The predicted octanol–water partition coefficient (Wildman–Crippen LogP) is 4.25. The second kappa shape index (κ2) is 6.15. The number of halogens is 1. The number of hydrogen-bond acceptors (Lipinski definition) is 3. The number of thioether (sulfide) groups is 1. The van der Waals surface area contributed by atoms with Crippen molar-refractivity contribution in [2.75, 3.05) is 6.26 Å². The molecule has 0 saturated carbocycles. The number of hydrogen-bond donors (Lipinski definition) is 0. The molecule has 22 heavy (non-hydrogen) atoms. The quantitative estimate of drug-likeness (QED) is 0.535. The van der Waals surface area contributed by atoms with Gasteiger partial charge in [-0.25, -0.2) is 9.37 Å². The molecule has 110 valence electrons. The fourth-order valence-corrected chi connectivity index (χ4v) is 2.73. The first kappa shape index (κ1) is 14.5. The van der Waals surface area contributed by atoms with E-state index >= 15 is 0 Å². The third kappa shape index (κ3) is 2.80. The van der Waals surface area contributed by atoms with E-state index in [4.69, 9.17) is 0 Å². The molecule has 0 bridgehead atoms. The molecule has 3 rings (SSSR count). The highest BCUT2D eigenvalue weighted by Crippen LogP contribution is 2.22. The van der Waals surface area contributed by atoms with E-state index < -0.39 is 0 Å². The van der Waals surface area contributed by atoms with Gasteiger partial charge < -0.3 is 0 Å². The zero-order valence-corrected chi connectivity index (χ0v) is 12.7. The van der Waals surface area contributed by atoms with E-state index in [-0.39, 0.29) is 11.7 Å². The molecule has 0 atom stereocenters. The lowest BCUT2D eigenvalue weighted by Gasteiger charge is -2.02. The van der Waals surface area contributed by atoms with Crippen LogP contribution < -0.4 is 0 Å². The molecule has 0 radical (unpaired) electrons. The van der Waals surface area contributed by atoms with Gasteiger partial charge in [0, 0.05) is 6.08 Å². The van der Waals surface area contributed by atoms with E-state index in [0.717, 1.165) is 16.6 Å². The van der Waals surface area contributed by atoms with Crippen molar-refractivity contribution in [3.05, 3.63) is 66.0 Å². The molecule has 0 unspecified atom stereocenters. The Morgan fingerprint density at radius 3 is 2.64 bits per heavy atom. The van der Waals surface area contributed by atoms with Crippen molar-refractivity contribution in [1.29, 1.82) is 0 Å². The average molecular weight is 312 g/mol. The van der Waals surface area contributed by atoms with Gasteiger partial charge in [0.1, 0.15) is 5.82 Å². The van der Waals surface area contributed by atoms with Gasteiger partial charge in [0.15, 0.2) is 5.16 Å². The molecular weight excluding hydrogens is 299 g/mol. The third-order valence-electron chi connectivity index (χ3n) is 3.22. The number of benzene rings is 2. The topological polar surface area (TPSA) is 34.9 Å². The third-order valence-corrected chi connectivity index (χ3v) is 3.86. The summed E-state index contributed by atoms with van der Waals surface area (Å²) in [6.45, 7) is 0. The molecule has 1 aromatic heterocycles. The molecule has 0 aliphatic heterocycles. The number of carbonyl (C=O) groups is 1. The van der Waals surface area contributed by atoms with Gasteiger partial charge in [-0.3, -0.25) is 9.36 Å². The summed E-state index contributed by atoms with van der Waals surface area (Å²) >= 11 is 1.42. The van der Waals surface area contributed by atoms with Gasteiger partial charge in [0.05, 0.1) is 11.0 Å². The smallest absolute Gasteiger partial charge is 0.257 e. The maximum Gasteiger partial charge on any atom is 0.257 e. The van der Waals surface area contributed by atoms with Crippen LogP contribution in [0.1, 0.15) is 10.4 Å². The van der Waals surface area contributed by atoms with Gasteiger partial charge >= 0.3 is 0 Å². The van der Waals surface area contributed by atoms with E-state index in [1.54, 1.807) is 22.8 Å². The van der Waals surface area contributed by atoms with Crippen molar-refractivity contribution < 1.29 is 9.18 Å². The average Bonchev–Trinajstić information content (AvgIpc) is 2.92. The first-order valence-corrected chi connectivity index (χ1v) is 7.91. The minimum atomic E-state index is -0.297. The van der Waals surface area contributed by atoms with Gasteiger partial charge in [-0.05, 0) is 42.2 Å². The van der Waals surface area contributed by atoms with Crippen molar-refractivity contribution in [2.24, 2.45) is 0 Å². The number of carbonyl (C=O) groups excluding carboxylic acids is 1. The van der Waals surface area contributed by atoms with Crippen molar-refractivity contribution in [2.45, 2.75) is 5.16 Å².